The molecule has 1 aliphatic heterocycles. The monoisotopic (exact) mass is 276 g/mol. The van der Waals surface area contributed by atoms with Crippen molar-refractivity contribution in [2.75, 3.05) is 11.4 Å². The van der Waals surface area contributed by atoms with Crippen LogP contribution in [0.25, 0.3) is 0 Å². The van der Waals surface area contributed by atoms with Crippen LogP contribution in [-0.2, 0) is 19.6 Å². The maximum absolute atomic E-state index is 4.54. The van der Waals surface area contributed by atoms with Crippen LogP contribution in [0.4, 0.5) is 5.13 Å². The van der Waals surface area contributed by atoms with Crippen LogP contribution < -0.4 is 10.2 Å². The molecule has 0 bridgehead atoms. The molecule has 4 rings (SSSR count). The minimum absolute atomic E-state index is 0.749. The summed E-state index contributed by atoms with van der Waals surface area (Å²) in [6, 6.07) is 0.749. The van der Waals surface area contributed by atoms with E-state index >= 15 is 0 Å². The van der Waals surface area contributed by atoms with E-state index in [-0.39, 0.29) is 0 Å². The van der Waals surface area contributed by atoms with Crippen molar-refractivity contribution in [1.29, 1.82) is 0 Å². The zero-order valence-corrected chi connectivity index (χ0v) is 11.4. The molecule has 6 nitrogen and oxygen atoms in total. The van der Waals surface area contributed by atoms with Crippen LogP contribution in [0.2, 0.25) is 0 Å². The number of aromatic nitrogens is 4. The van der Waals surface area contributed by atoms with Crippen molar-refractivity contribution in [3.8, 4) is 0 Å². The maximum Gasteiger partial charge on any atom is 0.186 e. The molecule has 2 aromatic rings. The molecule has 100 valence electrons. The van der Waals surface area contributed by atoms with Gasteiger partial charge < -0.3 is 14.8 Å². The normalized spacial score (nSPS) is 18.6. The Morgan fingerprint density at radius 3 is 3.21 bits per heavy atom. The van der Waals surface area contributed by atoms with Crippen LogP contribution in [0.1, 0.15) is 23.5 Å². The molecule has 0 radical (unpaired) electrons. The molecule has 0 aromatic carbocycles. The van der Waals surface area contributed by atoms with Gasteiger partial charge in [-0.05, 0) is 12.8 Å². The Hall–Kier alpha value is -1.47. The average Bonchev–Trinajstić information content (AvgIpc) is 2.96. The predicted molar refractivity (Wildman–Crippen MR) is 73.0 cm³/mol. The highest BCUT2D eigenvalue weighted by molar-refractivity contribution is 7.15. The second-order valence-electron chi connectivity index (χ2n) is 5.13. The molecular formula is C12H16N6S. The highest BCUT2D eigenvalue weighted by Gasteiger charge is 2.22. The topological polar surface area (TPSA) is 58.9 Å². The van der Waals surface area contributed by atoms with Crippen LogP contribution in [0, 0.1) is 0 Å². The van der Waals surface area contributed by atoms with Gasteiger partial charge in [0, 0.05) is 36.8 Å². The number of rotatable bonds is 4. The molecule has 19 heavy (non-hydrogen) atoms. The molecule has 0 saturated heterocycles. The van der Waals surface area contributed by atoms with Crippen molar-refractivity contribution in [2.24, 2.45) is 0 Å². The summed E-state index contributed by atoms with van der Waals surface area (Å²) in [5.74, 6) is 1.03. The van der Waals surface area contributed by atoms with Crippen molar-refractivity contribution in [3.05, 3.63) is 23.2 Å². The van der Waals surface area contributed by atoms with Gasteiger partial charge in [0.25, 0.3) is 0 Å². The van der Waals surface area contributed by atoms with Gasteiger partial charge in [0.15, 0.2) is 11.0 Å². The molecule has 3 heterocycles. The summed E-state index contributed by atoms with van der Waals surface area (Å²) in [5.41, 5.74) is 0. The second kappa shape index (κ2) is 4.57. The summed E-state index contributed by atoms with van der Waals surface area (Å²) in [7, 11) is 0. The predicted octanol–water partition coefficient (Wildman–Crippen LogP) is 1.01. The molecule has 2 aliphatic rings. The summed E-state index contributed by atoms with van der Waals surface area (Å²) >= 11 is 1.78. The molecule has 1 aliphatic carbocycles. The first-order valence-electron chi connectivity index (χ1n) is 6.68. The van der Waals surface area contributed by atoms with Gasteiger partial charge in [-0.2, -0.15) is 0 Å². The van der Waals surface area contributed by atoms with Gasteiger partial charge in [-0.15, -0.1) is 21.5 Å². The molecule has 2 aromatic heterocycles. The van der Waals surface area contributed by atoms with E-state index in [0.717, 1.165) is 43.2 Å². The van der Waals surface area contributed by atoms with E-state index in [9.17, 15) is 0 Å². The Morgan fingerprint density at radius 2 is 2.32 bits per heavy atom. The zero-order valence-electron chi connectivity index (χ0n) is 10.6. The second-order valence-corrected chi connectivity index (χ2v) is 6.22. The smallest absolute Gasteiger partial charge is 0.186 e. The van der Waals surface area contributed by atoms with Crippen LogP contribution >= 0.6 is 11.3 Å². The van der Waals surface area contributed by atoms with E-state index in [1.54, 1.807) is 17.7 Å². The van der Waals surface area contributed by atoms with Crippen molar-refractivity contribution < 1.29 is 0 Å². The number of nitrogens with zero attached hydrogens (tertiary/aromatic N) is 5. The molecule has 1 N–H and O–H groups in total. The molecule has 0 atom stereocenters. The summed E-state index contributed by atoms with van der Waals surface area (Å²) in [6.45, 7) is 3.68. The molecule has 0 amide bonds. The fraction of sp³-hybridized carbons (Fsp3) is 0.583. The van der Waals surface area contributed by atoms with E-state index in [4.69, 9.17) is 0 Å². The summed E-state index contributed by atoms with van der Waals surface area (Å²) in [5, 5.41) is 12.7. The van der Waals surface area contributed by atoms with Gasteiger partial charge in [0.05, 0.1) is 6.54 Å². The van der Waals surface area contributed by atoms with Gasteiger partial charge in [-0.3, -0.25) is 0 Å². The third-order valence-corrected chi connectivity index (χ3v) is 4.65. The third-order valence-electron chi connectivity index (χ3n) is 3.59. The standard InChI is InChI=1S/C12H16N6S/c1-2-9(1)13-5-10-6-14-12(19-10)17-3-4-18-8-15-16-11(18)7-17/h6,8-9,13H,1-5,7H2. The van der Waals surface area contributed by atoms with Crippen LogP contribution in [0.3, 0.4) is 0 Å². The van der Waals surface area contributed by atoms with E-state index < -0.39 is 0 Å². The molecule has 0 spiro atoms. The summed E-state index contributed by atoms with van der Waals surface area (Å²) < 4.78 is 2.11. The Bertz CT molecular complexity index is 572. The van der Waals surface area contributed by atoms with Crippen LogP contribution in [0.15, 0.2) is 12.5 Å². The number of hydrogen-bond donors (Lipinski definition) is 1. The zero-order chi connectivity index (χ0) is 12.7. The van der Waals surface area contributed by atoms with Crippen molar-refractivity contribution >= 4 is 16.5 Å². The number of thiazole rings is 1. The number of hydrogen-bond acceptors (Lipinski definition) is 6. The fourth-order valence-electron chi connectivity index (χ4n) is 2.29. The molecule has 1 fully saturated rings. The average molecular weight is 276 g/mol. The Kier molecular flexibility index (Phi) is 2.73. The highest BCUT2D eigenvalue weighted by Crippen LogP contribution is 2.26. The SMILES string of the molecule is c1nc(N2CCn3cnnc3C2)sc1CNC1CC1. The Labute approximate surface area is 115 Å². The lowest BCUT2D eigenvalue weighted by atomic mass is 10.4. The van der Waals surface area contributed by atoms with Gasteiger partial charge in [-0.1, -0.05) is 0 Å². The van der Waals surface area contributed by atoms with Gasteiger partial charge in [0.1, 0.15) is 6.33 Å². The number of anilines is 1. The lowest BCUT2D eigenvalue weighted by molar-refractivity contribution is 0.559. The van der Waals surface area contributed by atoms with Gasteiger partial charge in [-0.25, -0.2) is 4.98 Å². The lowest BCUT2D eigenvalue weighted by Gasteiger charge is -2.26. The summed E-state index contributed by atoms with van der Waals surface area (Å²) in [6.07, 6.45) is 6.45. The van der Waals surface area contributed by atoms with Gasteiger partial charge >= 0.3 is 0 Å². The lowest BCUT2D eigenvalue weighted by Crippen LogP contribution is -2.33. The quantitative estimate of drug-likeness (QED) is 0.903. The first-order valence-corrected chi connectivity index (χ1v) is 7.50. The first-order chi connectivity index (χ1) is 9.38. The summed E-state index contributed by atoms with van der Waals surface area (Å²) in [4.78, 5) is 8.14. The number of fused-ring (bicyclic) bond motifs is 1. The largest absolute Gasteiger partial charge is 0.339 e. The molecule has 0 unspecified atom stereocenters. The number of nitrogens with one attached hydrogen (secondary N) is 1. The van der Waals surface area contributed by atoms with Crippen molar-refractivity contribution in [1.82, 2.24) is 25.1 Å². The minimum Gasteiger partial charge on any atom is -0.339 e. The fourth-order valence-corrected chi connectivity index (χ4v) is 3.17. The Morgan fingerprint density at radius 1 is 1.37 bits per heavy atom. The highest BCUT2D eigenvalue weighted by atomic mass is 32.1. The van der Waals surface area contributed by atoms with Crippen molar-refractivity contribution in [2.45, 2.75) is 38.5 Å². The van der Waals surface area contributed by atoms with E-state index in [2.05, 4.69) is 30.0 Å². The van der Waals surface area contributed by atoms with E-state index in [1.165, 1.54) is 17.7 Å². The molecule has 1 saturated carbocycles. The minimum atomic E-state index is 0.749. The molecular weight excluding hydrogens is 260 g/mol. The van der Waals surface area contributed by atoms with Crippen LogP contribution in [0.5, 0.6) is 0 Å². The van der Waals surface area contributed by atoms with E-state index in [1.807, 2.05) is 6.20 Å². The maximum atomic E-state index is 4.54. The first kappa shape index (κ1) is 11.4. The van der Waals surface area contributed by atoms with Crippen LogP contribution in [-0.4, -0.2) is 32.3 Å². The van der Waals surface area contributed by atoms with E-state index in [0.29, 0.717) is 0 Å². The molecule has 7 heteroatoms. The Balaban J connectivity index is 1.44. The van der Waals surface area contributed by atoms with Crippen molar-refractivity contribution in [3.63, 3.8) is 0 Å². The van der Waals surface area contributed by atoms with Gasteiger partial charge in [0.2, 0.25) is 0 Å². The third kappa shape index (κ3) is 2.35.